The van der Waals surface area contributed by atoms with Gasteiger partial charge in [-0.3, -0.25) is 0 Å². The van der Waals surface area contributed by atoms with Crippen LogP contribution in [0.15, 0.2) is 30.5 Å². The smallest absolute Gasteiger partial charge is 0.408 e. The summed E-state index contributed by atoms with van der Waals surface area (Å²) in [5.41, 5.74) is 0.872. The highest BCUT2D eigenvalue weighted by Crippen LogP contribution is 2.25. The lowest BCUT2D eigenvalue weighted by molar-refractivity contribution is -0.145. The number of fused-ring (bicyclic) bond motifs is 1. The molecule has 1 heterocycles. The molecule has 124 valence electrons. The molecule has 1 aromatic heterocycles. The summed E-state index contributed by atoms with van der Waals surface area (Å²) in [4.78, 5) is 27.4. The molecule has 1 amide bonds. The standard InChI is InChI=1S/C17H22N2O4/c1-5-22-15(20)14(19-16(21)23-17(2,3)4)12-10-18-13-9-7-6-8-11(12)13/h6-10,14,18H,5H2,1-4H3,(H,19,21)/t14-/m0/s1. The Hall–Kier alpha value is -2.50. The highest BCUT2D eigenvalue weighted by atomic mass is 16.6. The second-order valence-corrected chi connectivity index (χ2v) is 6.12. The van der Waals surface area contributed by atoms with Crippen molar-refractivity contribution in [2.75, 3.05) is 6.61 Å². The van der Waals surface area contributed by atoms with Gasteiger partial charge in [0.15, 0.2) is 6.04 Å². The maximum Gasteiger partial charge on any atom is 0.408 e. The van der Waals surface area contributed by atoms with Gasteiger partial charge in [0.05, 0.1) is 6.61 Å². The molecule has 0 fully saturated rings. The van der Waals surface area contributed by atoms with Crippen LogP contribution in [0.1, 0.15) is 39.3 Å². The molecule has 0 saturated carbocycles. The quantitative estimate of drug-likeness (QED) is 0.848. The van der Waals surface area contributed by atoms with Crippen LogP contribution in [0.2, 0.25) is 0 Å². The van der Waals surface area contributed by atoms with Gasteiger partial charge in [-0.2, -0.15) is 0 Å². The summed E-state index contributed by atoms with van der Waals surface area (Å²) in [5, 5.41) is 3.45. The minimum absolute atomic E-state index is 0.230. The van der Waals surface area contributed by atoms with Crippen LogP contribution >= 0.6 is 0 Å². The van der Waals surface area contributed by atoms with E-state index in [1.165, 1.54) is 0 Å². The first-order chi connectivity index (χ1) is 10.8. The number of rotatable bonds is 4. The van der Waals surface area contributed by atoms with Crippen molar-refractivity contribution >= 4 is 23.0 Å². The predicted octanol–water partition coefficient (Wildman–Crippen LogP) is 3.30. The van der Waals surface area contributed by atoms with Crippen LogP contribution in [0.4, 0.5) is 4.79 Å². The average Bonchev–Trinajstić information content (AvgIpc) is 2.87. The fraction of sp³-hybridized carbons (Fsp3) is 0.412. The van der Waals surface area contributed by atoms with Gasteiger partial charge in [-0.1, -0.05) is 18.2 Å². The van der Waals surface area contributed by atoms with E-state index in [4.69, 9.17) is 9.47 Å². The number of benzene rings is 1. The number of carbonyl (C=O) groups is 2. The molecule has 0 unspecified atom stereocenters. The molecule has 0 aliphatic heterocycles. The van der Waals surface area contributed by atoms with Crippen LogP contribution in [-0.4, -0.2) is 29.3 Å². The molecule has 0 radical (unpaired) electrons. The molecule has 0 spiro atoms. The number of esters is 1. The number of ether oxygens (including phenoxy) is 2. The second kappa shape index (κ2) is 6.73. The Morgan fingerprint density at radius 2 is 1.96 bits per heavy atom. The molecule has 6 nitrogen and oxygen atoms in total. The molecule has 1 atom stereocenters. The van der Waals surface area contributed by atoms with Gasteiger partial charge in [0.1, 0.15) is 5.60 Å². The molecule has 2 aromatic rings. The summed E-state index contributed by atoms with van der Waals surface area (Å²) in [5.74, 6) is -0.525. The van der Waals surface area contributed by atoms with E-state index in [1.54, 1.807) is 33.9 Å². The Morgan fingerprint density at radius 1 is 1.26 bits per heavy atom. The minimum atomic E-state index is -0.930. The van der Waals surface area contributed by atoms with Crippen molar-refractivity contribution < 1.29 is 19.1 Å². The van der Waals surface area contributed by atoms with Gasteiger partial charge in [-0.05, 0) is 33.8 Å². The Bertz CT molecular complexity index is 700. The van der Waals surface area contributed by atoms with Crippen LogP contribution in [0.3, 0.4) is 0 Å². The number of aromatic nitrogens is 1. The normalized spacial score (nSPS) is 12.7. The van der Waals surface area contributed by atoms with Gasteiger partial charge in [-0.15, -0.1) is 0 Å². The van der Waals surface area contributed by atoms with Gasteiger partial charge in [0.2, 0.25) is 0 Å². The van der Waals surface area contributed by atoms with E-state index in [2.05, 4.69) is 10.3 Å². The largest absolute Gasteiger partial charge is 0.464 e. The van der Waals surface area contributed by atoms with E-state index in [0.717, 1.165) is 10.9 Å². The van der Waals surface area contributed by atoms with Crippen molar-refractivity contribution in [3.8, 4) is 0 Å². The van der Waals surface area contributed by atoms with Crippen LogP contribution in [0, 0.1) is 0 Å². The Labute approximate surface area is 135 Å². The number of H-pyrrole nitrogens is 1. The van der Waals surface area contributed by atoms with Crippen molar-refractivity contribution in [2.45, 2.75) is 39.3 Å². The van der Waals surface area contributed by atoms with Gasteiger partial charge in [0, 0.05) is 22.7 Å². The van der Waals surface area contributed by atoms with E-state index in [0.29, 0.717) is 5.56 Å². The molecule has 2 rings (SSSR count). The summed E-state index contributed by atoms with van der Waals surface area (Å²) in [6.45, 7) is 7.23. The van der Waals surface area contributed by atoms with E-state index in [9.17, 15) is 9.59 Å². The number of para-hydroxylation sites is 1. The molecule has 6 heteroatoms. The van der Waals surface area contributed by atoms with Gasteiger partial charge < -0.3 is 19.8 Å². The van der Waals surface area contributed by atoms with Crippen molar-refractivity contribution in [3.05, 3.63) is 36.0 Å². The van der Waals surface area contributed by atoms with Crippen LogP contribution in [-0.2, 0) is 14.3 Å². The summed E-state index contributed by atoms with van der Waals surface area (Å²) in [6.07, 6.45) is 1.03. The monoisotopic (exact) mass is 318 g/mol. The SMILES string of the molecule is CCOC(=O)[C@@H](NC(=O)OC(C)(C)C)c1c[nH]c2ccccc12. The lowest BCUT2D eigenvalue weighted by atomic mass is 10.1. The molecule has 0 aliphatic carbocycles. The maximum atomic E-state index is 12.3. The number of alkyl carbamates (subject to hydrolysis) is 1. The van der Waals surface area contributed by atoms with Crippen molar-refractivity contribution in [1.29, 1.82) is 0 Å². The van der Waals surface area contributed by atoms with Gasteiger partial charge >= 0.3 is 12.1 Å². The summed E-state index contributed by atoms with van der Waals surface area (Å²) in [6, 6.07) is 6.61. The summed E-state index contributed by atoms with van der Waals surface area (Å²) in [7, 11) is 0. The summed E-state index contributed by atoms with van der Waals surface area (Å²) >= 11 is 0. The number of hydrogen-bond acceptors (Lipinski definition) is 4. The first-order valence-corrected chi connectivity index (χ1v) is 7.54. The van der Waals surface area contributed by atoms with Crippen LogP contribution in [0.5, 0.6) is 0 Å². The van der Waals surface area contributed by atoms with Gasteiger partial charge in [0.25, 0.3) is 0 Å². The minimum Gasteiger partial charge on any atom is -0.464 e. The second-order valence-electron chi connectivity index (χ2n) is 6.12. The maximum absolute atomic E-state index is 12.3. The zero-order valence-corrected chi connectivity index (χ0v) is 13.8. The van der Waals surface area contributed by atoms with E-state index in [1.807, 2.05) is 24.3 Å². The number of hydrogen-bond donors (Lipinski definition) is 2. The molecule has 0 bridgehead atoms. The number of amides is 1. The first-order valence-electron chi connectivity index (χ1n) is 7.54. The van der Waals surface area contributed by atoms with Crippen molar-refractivity contribution in [1.82, 2.24) is 10.3 Å². The van der Waals surface area contributed by atoms with Crippen molar-refractivity contribution in [2.24, 2.45) is 0 Å². The third-order valence-electron chi connectivity index (χ3n) is 3.12. The Balaban J connectivity index is 2.31. The molecule has 0 aliphatic rings. The number of nitrogens with one attached hydrogen (secondary N) is 2. The van der Waals surface area contributed by atoms with Crippen LogP contribution < -0.4 is 5.32 Å². The average molecular weight is 318 g/mol. The molecule has 23 heavy (non-hydrogen) atoms. The van der Waals surface area contributed by atoms with Crippen molar-refractivity contribution in [3.63, 3.8) is 0 Å². The fourth-order valence-electron chi connectivity index (χ4n) is 2.25. The van der Waals surface area contributed by atoms with E-state index in [-0.39, 0.29) is 6.61 Å². The highest BCUT2D eigenvalue weighted by molar-refractivity contribution is 5.91. The lowest BCUT2D eigenvalue weighted by Gasteiger charge is -2.22. The zero-order valence-electron chi connectivity index (χ0n) is 13.8. The molecular weight excluding hydrogens is 296 g/mol. The van der Waals surface area contributed by atoms with E-state index < -0.39 is 23.7 Å². The van der Waals surface area contributed by atoms with Gasteiger partial charge in [-0.25, -0.2) is 9.59 Å². The highest BCUT2D eigenvalue weighted by Gasteiger charge is 2.28. The summed E-state index contributed by atoms with van der Waals surface area (Å²) < 4.78 is 10.3. The zero-order chi connectivity index (χ0) is 17.0. The molecule has 0 saturated heterocycles. The third-order valence-corrected chi connectivity index (χ3v) is 3.12. The molecular formula is C17H22N2O4. The number of aromatic amines is 1. The topological polar surface area (TPSA) is 80.4 Å². The van der Waals surface area contributed by atoms with Crippen LogP contribution in [0.25, 0.3) is 10.9 Å². The van der Waals surface area contributed by atoms with E-state index >= 15 is 0 Å². The lowest BCUT2D eigenvalue weighted by Crippen LogP contribution is -2.38. The first kappa shape index (κ1) is 16.9. The number of carbonyl (C=O) groups excluding carboxylic acids is 2. The predicted molar refractivity (Wildman–Crippen MR) is 87.0 cm³/mol. The Kier molecular flexibility index (Phi) is 4.93. The third kappa shape index (κ3) is 4.25. The fourth-order valence-corrected chi connectivity index (χ4v) is 2.25. The Morgan fingerprint density at radius 3 is 2.61 bits per heavy atom. The molecule has 1 aromatic carbocycles. The molecule has 2 N–H and O–H groups in total.